The zero-order chi connectivity index (χ0) is 62.2. The second kappa shape index (κ2) is 20.7. The van der Waals surface area contributed by atoms with E-state index in [1.165, 1.54) is 32.6 Å². The van der Waals surface area contributed by atoms with Crippen LogP contribution in [0, 0.1) is 0 Å². The van der Waals surface area contributed by atoms with E-state index in [0.717, 1.165) is 127 Å². The number of aromatic nitrogens is 11. The predicted molar refractivity (Wildman–Crippen MR) is 387 cm³/mol. The van der Waals surface area contributed by atoms with Crippen molar-refractivity contribution in [1.82, 2.24) is 52.7 Å². The number of hydrogen-bond acceptors (Lipinski definition) is 6. The Bertz CT molecular complexity index is 6430. The molecule has 11 nitrogen and oxygen atoms in total. The fourth-order valence-electron chi connectivity index (χ4n) is 15.0. The maximum Gasteiger partial charge on any atom is 0.238 e. The number of fused-ring (bicyclic) bond motifs is 16. The van der Waals surface area contributed by atoms with Crippen LogP contribution in [0.1, 0.15) is 0 Å². The highest BCUT2D eigenvalue weighted by atomic mass is 15.2. The van der Waals surface area contributed by atoms with E-state index in [4.69, 9.17) is 24.9 Å². The largest absolute Gasteiger partial charge is 0.309 e. The van der Waals surface area contributed by atoms with Crippen LogP contribution < -0.4 is 0 Å². The average Bonchev–Trinajstić information content (AvgIpc) is 1.57. The van der Waals surface area contributed by atoms with Gasteiger partial charge in [0.1, 0.15) is 12.7 Å². The Labute approximate surface area is 542 Å². The van der Waals surface area contributed by atoms with E-state index in [9.17, 15) is 0 Å². The molecular formula is C84H51N11. The summed E-state index contributed by atoms with van der Waals surface area (Å²) in [6.07, 6.45) is 3.13. The van der Waals surface area contributed by atoms with E-state index in [1.807, 2.05) is 36.4 Å². The Balaban J connectivity index is 0.802. The summed E-state index contributed by atoms with van der Waals surface area (Å²) in [4.78, 5) is 29.6. The molecule has 0 unspecified atom stereocenters. The Kier molecular flexibility index (Phi) is 11.5. The average molecular weight is 1210 g/mol. The van der Waals surface area contributed by atoms with Crippen LogP contribution in [-0.4, -0.2) is 52.7 Å². The first-order chi connectivity index (χ1) is 47.1. The SMILES string of the molecule is c1ccc(-c2nc(-c3ccccc3)nc(-n3c4ccc(-c5ccc6c(c5)c5cc(-c7ccc8c(c7)c7ccc9c%10ccccc%10n(-c%10ccccc%10)c9c7n8-c7ccccc7)ccc5n6-c5ncncn5)cc4c4cc5c(cc43)c3ccccc3n5-c3ccccc3)n2)cc1. The topological polar surface area (TPSA) is 102 Å². The molecule has 0 aliphatic carbocycles. The molecule has 0 saturated carbocycles. The van der Waals surface area contributed by atoms with Crippen LogP contribution in [0.5, 0.6) is 0 Å². The Morgan fingerprint density at radius 3 is 1.00 bits per heavy atom. The van der Waals surface area contributed by atoms with Gasteiger partial charge in [0.25, 0.3) is 0 Å². The van der Waals surface area contributed by atoms with Crippen molar-refractivity contribution in [3.63, 3.8) is 0 Å². The standard InChI is InChI=1S/C84H51N11/c1-6-20-52(21-7-1)81-88-82(53-22-8-2-9-23-53)90-84(89-81)95-76-43-37-57(47-68(76)70-49-77-69(48-78(70)95)62-31-17-18-32-71(62)91(77)58-24-10-3-11-25-58)56-36-42-75-67(46-56)66-45-55(35-41-74(66)94(75)83-86-50-85-51-87-83)54-34-40-73-65(44-54)64-39-38-63-61-30-16-19-33-72(61)92(59-26-12-4-13-27-59)79(63)80(64)93(73)60-28-14-5-15-29-60/h1-51H. The first kappa shape index (κ1) is 52.6. The fourth-order valence-corrected chi connectivity index (χ4v) is 15.0. The van der Waals surface area contributed by atoms with E-state index in [1.54, 1.807) is 12.7 Å². The van der Waals surface area contributed by atoms with Crippen molar-refractivity contribution in [1.29, 1.82) is 0 Å². The number of rotatable bonds is 9. The van der Waals surface area contributed by atoms with Crippen LogP contribution in [0.4, 0.5) is 0 Å². The summed E-state index contributed by atoms with van der Waals surface area (Å²) in [6, 6.07) is 107. The summed E-state index contributed by atoms with van der Waals surface area (Å²) in [6.45, 7) is 0. The van der Waals surface area contributed by atoms with E-state index < -0.39 is 0 Å². The highest BCUT2D eigenvalue weighted by Gasteiger charge is 2.26. The molecule has 13 aromatic carbocycles. The van der Waals surface area contributed by atoms with Crippen LogP contribution in [0.25, 0.3) is 183 Å². The number of para-hydroxylation sites is 5. The van der Waals surface area contributed by atoms with Gasteiger partial charge in [0.2, 0.25) is 11.9 Å². The summed E-state index contributed by atoms with van der Waals surface area (Å²) >= 11 is 0. The maximum atomic E-state index is 5.36. The normalized spacial score (nSPS) is 12.0. The maximum absolute atomic E-state index is 5.36. The molecule has 0 atom stereocenters. The third-order valence-corrected chi connectivity index (χ3v) is 19.2. The molecule has 0 radical (unpaired) electrons. The number of hydrogen-bond donors (Lipinski definition) is 0. The highest BCUT2D eigenvalue weighted by molar-refractivity contribution is 6.25. The van der Waals surface area contributed by atoms with E-state index in [0.29, 0.717) is 23.5 Å². The van der Waals surface area contributed by atoms with Crippen LogP contribution in [0.2, 0.25) is 0 Å². The summed E-state index contributed by atoms with van der Waals surface area (Å²) in [7, 11) is 0. The lowest BCUT2D eigenvalue weighted by Crippen LogP contribution is -2.06. The first-order valence-electron chi connectivity index (χ1n) is 31.9. The van der Waals surface area contributed by atoms with Crippen LogP contribution in [-0.2, 0) is 0 Å². The van der Waals surface area contributed by atoms with Crippen molar-refractivity contribution < 1.29 is 0 Å². The van der Waals surface area contributed by atoms with Crippen LogP contribution in [0.3, 0.4) is 0 Å². The van der Waals surface area contributed by atoms with E-state index in [2.05, 4.69) is 289 Å². The van der Waals surface area contributed by atoms with Gasteiger partial charge in [-0.05, 0) is 131 Å². The van der Waals surface area contributed by atoms with Crippen molar-refractivity contribution in [2.24, 2.45) is 0 Å². The zero-order valence-corrected chi connectivity index (χ0v) is 50.9. The van der Waals surface area contributed by atoms with Gasteiger partial charge in [0.05, 0.1) is 55.2 Å². The van der Waals surface area contributed by atoms with Gasteiger partial charge in [-0.1, -0.05) is 188 Å². The third kappa shape index (κ3) is 8.06. The monoisotopic (exact) mass is 1210 g/mol. The summed E-state index contributed by atoms with van der Waals surface area (Å²) in [5, 5.41) is 11.4. The Morgan fingerprint density at radius 1 is 0.200 bits per heavy atom. The van der Waals surface area contributed by atoms with Crippen LogP contribution in [0.15, 0.2) is 310 Å². The summed E-state index contributed by atoms with van der Waals surface area (Å²) < 4.78 is 11.7. The molecule has 442 valence electrons. The minimum absolute atomic E-state index is 0.533. The molecule has 0 spiro atoms. The molecule has 7 heterocycles. The minimum Gasteiger partial charge on any atom is -0.309 e. The van der Waals surface area contributed by atoms with Crippen molar-refractivity contribution in [2.45, 2.75) is 0 Å². The molecule has 11 heteroatoms. The van der Waals surface area contributed by atoms with Crippen LogP contribution >= 0.6 is 0 Å². The predicted octanol–water partition coefficient (Wildman–Crippen LogP) is 20.2. The van der Waals surface area contributed by atoms with Gasteiger partial charge in [-0.3, -0.25) is 9.13 Å². The molecule has 0 aliphatic heterocycles. The van der Waals surface area contributed by atoms with Gasteiger partial charge < -0.3 is 13.7 Å². The summed E-state index contributed by atoms with van der Waals surface area (Å²) in [5.41, 5.74) is 20.3. The number of nitrogens with zero attached hydrogens (tertiary/aromatic N) is 11. The summed E-state index contributed by atoms with van der Waals surface area (Å²) in [5.74, 6) is 2.27. The van der Waals surface area contributed by atoms with E-state index in [-0.39, 0.29) is 0 Å². The van der Waals surface area contributed by atoms with Crippen molar-refractivity contribution in [3.05, 3.63) is 310 Å². The van der Waals surface area contributed by atoms with Crippen molar-refractivity contribution >= 4 is 109 Å². The molecule has 20 aromatic rings. The third-order valence-electron chi connectivity index (χ3n) is 19.2. The molecule has 0 N–H and O–H groups in total. The van der Waals surface area contributed by atoms with Gasteiger partial charge in [0.15, 0.2) is 11.6 Å². The molecule has 0 aliphatic rings. The number of benzene rings is 13. The van der Waals surface area contributed by atoms with E-state index >= 15 is 0 Å². The molecule has 95 heavy (non-hydrogen) atoms. The highest BCUT2D eigenvalue weighted by Crippen LogP contribution is 2.46. The minimum atomic E-state index is 0.533. The molecule has 7 aromatic heterocycles. The Hall–Kier alpha value is -13.1. The van der Waals surface area contributed by atoms with Gasteiger partial charge in [0, 0.05) is 82.1 Å². The van der Waals surface area contributed by atoms with Crippen molar-refractivity contribution in [2.75, 3.05) is 0 Å². The van der Waals surface area contributed by atoms with Gasteiger partial charge in [-0.25, -0.2) is 19.9 Å². The van der Waals surface area contributed by atoms with Gasteiger partial charge in [-0.15, -0.1) is 0 Å². The molecule has 20 rings (SSSR count). The fraction of sp³-hybridized carbons (Fsp3) is 0. The molecule has 0 saturated heterocycles. The zero-order valence-electron chi connectivity index (χ0n) is 50.9. The molecular weight excluding hydrogens is 1160 g/mol. The van der Waals surface area contributed by atoms with Gasteiger partial charge >= 0.3 is 0 Å². The van der Waals surface area contributed by atoms with Crippen molar-refractivity contribution in [3.8, 4) is 74.0 Å². The second-order valence-electron chi connectivity index (χ2n) is 24.3. The Morgan fingerprint density at radius 2 is 0.526 bits per heavy atom. The first-order valence-corrected chi connectivity index (χ1v) is 31.9. The lowest BCUT2D eigenvalue weighted by Gasteiger charge is -2.12. The lowest BCUT2D eigenvalue weighted by molar-refractivity contribution is 0.939. The lowest BCUT2D eigenvalue weighted by atomic mass is 9.98. The molecule has 0 bridgehead atoms. The molecule has 0 fully saturated rings. The second-order valence-corrected chi connectivity index (χ2v) is 24.3. The van der Waals surface area contributed by atoms with Gasteiger partial charge in [-0.2, -0.15) is 9.97 Å². The smallest absolute Gasteiger partial charge is 0.238 e. The quantitative estimate of drug-likeness (QED) is 0.143. The molecule has 0 amide bonds.